The Hall–Kier alpha value is -1.59. The number of hydrogen-bond donors (Lipinski definition) is 2. The van der Waals surface area contributed by atoms with Crippen molar-refractivity contribution in [3.05, 3.63) is 29.8 Å². The summed E-state index contributed by atoms with van der Waals surface area (Å²) in [6, 6.07) is 7.60. The van der Waals surface area contributed by atoms with Gasteiger partial charge in [-0.1, -0.05) is 18.2 Å². The zero-order valence-electron chi connectivity index (χ0n) is 11.1. The molecule has 0 amide bonds. The van der Waals surface area contributed by atoms with Crippen LogP contribution >= 0.6 is 0 Å². The molecule has 1 aliphatic rings. The monoisotopic (exact) mass is 265 g/mol. The van der Waals surface area contributed by atoms with Crippen LogP contribution in [0.2, 0.25) is 0 Å². The van der Waals surface area contributed by atoms with E-state index in [0.717, 1.165) is 11.3 Å². The summed E-state index contributed by atoms with van der Waals surface area (Å²) in [6.45, 7) is 1.78. The summed E-state index contributed by atoms with van der Waals surface area (Å²) in [7, 11) is 1.62. The van der Waals surface area contributed by atoms with Crippen molar-refractivity contribution in [1.29, 1.82) is 0 Å². The summed E-state index contributed by atoms with van der Waals surface area (Å²) in [5.74, 6) is 0.421. The van der Waals surface area contributed by atoms with Gasteiger partial charge in [0.25, 0.3) is 0 Å². The van der Waals surface area contributed by atoms with E-state index >= 15 is 0 Å². The number of rotatable bonds is 4. The third-order valence-electron chi connectivity index (χ3n) is 3.30. The van der Waals surface area contributed by atoms with Gasteiger partial charge in [0.1, 0.15) is 18.0 Å². The van der Waals surface area contributed by atoms with Crippen molar-refractivity contribution in [2.24, 2.45) is 0 Å². The smallest absolute Gasteiger partial charge is 0.303 e. The van der Waals surface area contributed by atoms with E-state index in [2.05, 4.69) is 5.32 Å². The number of carbonyl (C=O) groups excluding carboxylic acids is 1. The Bertz CT molecular complexity index is 449. The van der Waals surface area contributed by atoms with Gasteiger partial charge in [-0.15, -0.1) is 0 Å². The van der Waals surface area contributed by atoms with E-state index in [4.69, 9.17) is 9.47 Å². The number of aliphatic hydroxyl groups excluding tert-OH is 1. The quantitative estimate of drug-likeness (QED) is 0.776. The minimum absolute atomic E-state index is 0.102. The van der Waals surface area contributed by atoms with E-state index in [0.29, 0.717) is 13.0 Å². The molecule has 3 atom stereocenters. The lowest BCUT2D eigenvalue weighted by atomic mass is 10.0. The minimum Gasteiger partial charge on any atom is -0.496 e. The van der Waals surface area contributed by atoms with E-state index in [1.54, 1.807) is 7.11 Å². The number of carbonyl (C=O) groups is 1. The SMILES string of the molecule is COc1ccccc1C[C@H]1NC[C@H](O)[C@H]1OC(C)=O. The molecule has 2 N–H and O–H groups in total. The molecule has 0 saturated carbocycles. The van der Waals surface area contributed by atoms with Gasteiger partial charge in [0, 0.05) is 13.5 Å². The van der Waals surface area contributed by atoms with E-state index in [1.807, 2.05) is 24.3 Å². The summed E-state index contributed by atoms with van der Waals surface area (Å²) >= 11 is 0. The van der Waals surface area contributed by atoms with Gasteiger partial charge in [0.2, 0.25) is 0 Å². The van der Waals surface area contributed by atoms with Gasteiger partial charge in [-0.05, 0) is 18.1 Å². The van der Waals surface area contributed by atoms with Crippen molar-refractivity contribution < 1.29 is 19.4 Å². The lowest BCUT2D eigenvalue weighted by Crippen LogP contribution is -2.38. The second kappa shape index (κ2) is 6.04. The van der Waals surface area contributed by atoms with Crippen LogP contribution in [0.5, 0.6) is 5.75 Å². The predicted octanol–water partition coefficient (Wildman–Crippen LogP) is 0.502. The molecule has 5 nitrogen and oxygen atoms in total. The molecule has 0 spiro atoms. The van der Waals surface area contributed by atoms with Crippen LogP contribution in [0.3, 0.4) is 0 Å². The van der Waals surface area contributed by atoms with Crippen molar-refractivity contribution >= 4 is 5.97 Å². The highest BCUT2D eigenvalue weighted by molar-refractivity contribution is 5.66. The van der Waals surface area contributed by atoms with Gasteiger partial charge in [-0.25, -0.2) is 0 Å². The molecule has 1 fully saturated rings. The molecule has 1 aromatic carbocycles. The Kier molecular flexibility index (Phi) is 4.39. The highest BCUT2D eigenvalue weighted by Crippen LogP contribution is 2.23. The minimum atomic E-state index is -0.663. The van der Waals surface area contributed by atoms with Crippen molar-refractivity contribution in [2.45, 2.75) is 31.6 Å². The molecule has 5 heteroatoms. The number of methoxy groups -OCH3 is 1. The van der Waals surface area contributed by atoms with Gasteiger partial charge in [0.15, 0.2) is 0 Å². The van der Waals surface area contributed by atoms with Crippen LogP contribution in [0.25, 0.3) is 0 Å². The van der Waals surface area contributed by atoms with Crippen molar-refractivity contribution in [3.8, 4) is 5.75 Å². The van der Waals surface area contributed by atoms with Crippen molar-refractivity contribution in [3.63, 3.8) is 0 Å². The molecule has 0 bridgehead atoms. The molecule has 1 heterocycles. The predicted molar refractivity (Wildman–Crippen MR) is 70.0 cm³/mol. The van der Waals surface area contributed by atoms with Crippen LogP contribution in [-0.4, -0.2) is 43.0 Å². The van der Waals surface area contributed by atoms with Crippen LogP contribution in [0, 0.1) is 0 Å². The van der Waals surface area contributed by atoms with Crippen molar-refractivity contribution in [1.82, 2.24) is 5.32 Å². The molecule has 1 aromatic rings. The molecule has 0 unspecified atom stereocenters. The number of hydrogen-bond acceptors (Lipinski definition) is 5. The number of aliphatic hydroxyl groups is 1. The average molecular weight is 265 g/mol. The number of nitrogens with one attached hydrogen (secondary N) is 1. The molecule has 1 aliphatic heterocycles. The Morgan fingerprint density at radius 3 is 2.89 bits per heavy atom. The summed E-state index contributed by atoms with van der Waals surface area (Å²) in [5, 5.41) is 13.0. The van der Waals surface area contributed by atoms with Gasteiger partial charge >= 0.3 is 5.97 Å². The largest absolute Gasteiger partial charge is 0.496 e. The topological polar surface area (TPSA) is 67.8 Å². The highest BCUT2D eigenvalue weighted by atomic mass is 16.6. The summed E-state index contributed by atoms with van der Waals surface area (Å²) < 4.78 is 10.5. The standard InChI is InChI=1S/C14H19NO4/c1-9(16)19-14-11(15-8-12(14)17)7-10-5-3-4-6-13(10)18-2/h3-6,11-12,14-15,17H,7-8H2,1-2H3/t11-,12+,14+/m1/s1. The first kappa shape index (κ1) is 13.8. The molecule has 19 heavy (non-hydrogen) atoms. The molecule has 2 rings (SSSR count). The molecule has 104 valence electrons. The number of benzene rings is 1. The number of β-amino-alcohol motifs (C(OH)–C–C–N with tert-alkyl or cyclic N) is 1. The van der Waals surface area contributed by atoms with E-state index in [-0.39, 0.29) is 12.0 Å². The fourth-order valence-electron chi connectivity index (χ4n) is 2.42. The second-order valence-corrected chi connectivity index (χ2v) is 4.67. The normalized spacial score (nSPS) is 26.2. The van der Waals surface area contributed by atoms with E-state index in [9.17, 15) is 9.90 Å². The average Bonchev–Trinajstić information content (AvgIpc) is 2.71. The Morgan fingerprint density at radius 1 is 1.47 bits per heavy atom. The molecule has 0 aromatic heterocycles. The third-order valence-corrected chi connectivity index (χ3v) is 3.30. The summed E-state index contributed by atoms with van der Waals surface area (Å²) in [4.78, 5) is 11.1. The van der Waals surface area contributed by atoms with Crippen LogP contribution in [-0.2, 0) is 16.0 Å². The fourth-order valence-corrected chi connectivity index (χ4v) is 2.42. The molecule has 0 aliphatic carbocycles. The van der Waals surface area contributed by atoms with Gasteiger partial charge in [0.05, 0.1) is 13.2 Å². The molecular weight excluding hydrogens is 246 g/mol. The zero-order valence-corrected chi connectivity index (χ0v) is 11.1. The summed E-state index contributed by atoms with van der Waals surface area (Å²) in [5.41, 5.74) is 1.02. The maximum absolute atomic E-state index is 11.1. The first-order chi connectivity index (χ1) is 9.11. The number of ether oxygens (including phenoxy) is 2. The van der Waals surface area contributed by atoms with E-state index in [1.165, 1.54) is 6.92 Å². The lowest BCUT2D eigenvalue weighted by molar-refractivity contribution is -0.151. The number of esters is 1. The molecule has 0 radical (unpaired) electrons. The Balaban J connectivity index is 2.10. The van der Waals surface area contributed by atoms with Crippen LogP contribution in [0.1, 0.15) is 12.5 Å². The maximum atomic E-state index is 11.1. The first-order valence-corrected chi connectivity index (χ1v) is 6.32. The fraction of sp³-hybridized carbons (Fsp3) is 0.500. The Morgan fingerprint density at radius 2 is 2.21 bits per heavy atom. The van der Waals surface area contributed by atoms with Gasteiger partial charge in [-0.2, -0.15) is 0 Å². The van der Waals surface area contributed by atoms with Gasteiger partial charge in [-0.3, -0.25) is 4.79 Å². The van der Waals surface area contributed by atoms with E-state index < -0.39 is 12.2 Å². The highest BCUT2D eigenvalue weighted by Gasteiger charge is 2.37. The first-order valence-electron chi connectivity index (χ1n) is 6.32. The maximum Gasteiger partial charge on any atom is 0.303 e. The molecular formula is C14H19NO4. The molecule has 1 saturated heterocycles. The lowest BCUT2D eigenvalue weighted by Gasteiger charge is -2.22. The van der Waals surface area contributed by atoms with Crippen LogP contribution < -0.4 is 10.1 Å². The van der Waals surface area contributed by atoms with Crippen molar-refractivity contribution in [2.75, 3.05) is 13.7 Å². The van der Waals surface area contributed by atoms with Gasteiger partial charge < -0.3 is 19.9 Å². The second-order valence-electron chi connectivity index (χ2n) is 4.67. The summed E-state index contributed by atoms with van der Waals surface area (Å²) in [6.07, 6.45) is -0.537. The van der Waals surface area contributed by atoms with Crippen LogP contribution in [0.4, 0.5) is 0 Å². The Labute approximate surface area is 112 Å². The third kappa shape index (κ3) is 3.24. The number of para-hydroxylation sites is 1. The zero-order chi connectivity index (χ0) is 13.8. The van der Waals surface area contributed by atoms with Crippen LogP contribution in [0.15, 0.2) is 24.3 Å².